The van der Waals surface area contributed by atoms with Crippen molar-refractivity contribution in [1.29, 1.82) is 0 Å². The molecule has 2 fully saturated rings. The molecule has 6 heteroatoms. The number of likely N-dealkylation sites (tertiary alicyclic amines) is 1. The number of benzene rings is 2. The number of ether oxygens (including phenoxy) is 1. The quantitative estimate of drug-likeness (QED) is 0.838. The first-order valence-electron chi connectivity index (χ1n) is 9.55. The monoisotopic (exact) mass is 398 g/mol. The molecule has 1 heterocycles. The summed E-state index contributed by atoms with van der Waals surface area (Å²) in [7, 11) is 1.63. The van der Waals surface area contributed by atoms with Crippen molar-refractivity contribution in [1.82, 2.24) is 10.2 Å². The standard InChI is InChI=1S/C22H23ClN2O3/c1-28-20-8-3-2-7-17(20)18-12-25(13-19(18)21(26)24-16-9-10-16)22(27)14-5-4-6-15(23)11-14/h2-8,11,16,18-19H,9-10,12-13H2,1H3,(H,24,26)/t18-,19+/m0/s1. The van der Waals surface area contributed by atoms with E-state index in [1.54, 1.807) is 36.3 Å². The largest absolute Gasteiger partial charge is 0.496 e. The Bertz CT molecular complexity index is 897. The molecule has 1 aliphatic carbocycles. The predicted molar refractivity (Wildman–Crippen MR) is 108 cm³/mol. The SMILES string of the molecule is COc1ccccc1[C@@H]1CN(C(=O)c2cccc(Cl)c2)C[C@H]1C(=O)NC1CC1. The van der Waals surface area contributed by atoms with Gasteiger partial charge in [-0.05, 0) is 42.7 Å². The number of amides is 2. The van der Waals surface area contributed by atoms with E-state index in [4.69, 9.17) is 16.3 Å². The fourth-order valence-corrected chi connectivity index (χ4v) is 4.05. The summed E-state index contributed by atoms with van der Waals surface area (Å²) in [6.45, 7) is 0.848. The molecule has 0 unspecified atom stereocenters. The van der Waals surface area contributed by atoms with E-state index in [-0.39, 0.29) is 29.7 Å². The molecule has 5 nitrogen and oxygen atoms in total. The summed E-state index contributed by atoms with van der Waals surface area (Å²) in [6, 6.07) is 14.9. The lowest BCUT2D eigenvalue weighted by atomic mass is 9.87. The summed E-state index contributed by atoms with van der Waals surface area (Å²) in [5, 5.41) is 3.63. The zero-order chi connectivity index (χ0) is 19.7. The van der Waals surface area contributed by atoms with Gasteiger partial charge in [-0.25, -0.2) is 0 Å². The van der Waals surface area contributed by atoms with Gasteiger partial charge in [0.2, 0.25) is 5.91 Å². The number of hydrogen-bond donors (Lipinski definition) is 1. The summed E-state index contributed by atoms with van der Waals surface area (Å²) in [5.41, 5.74) is 1.50. The maximum absolute atomic E-state index is 13.0. The molecule has 2 aromatic carbocycles. The van der Waals surface area contributed by atoms with Crippen LogP contribution in [0.2, 0.25) is 5.02 Å². The lowest BCUT2D eigenvalue weighted by Gasteiger charge is -2.20. The van der Waals surface area contributed by atoms with Crippen LogP contribution in [-0.2, 0) is 4.79 Å². The summed E-state index contributed by atoms with van der Waals surface area (Å²) < 4.78 is 5.52. The van der Waals surface area contributed by atoms with Gasteiger partial charge in [-0.1, -0.05) is 35.9 Å². The van der Waals surface area contributed by atoms with Crippen molar-refractivity contribution in [2.45, 2.75) is 24.8 Å². The minimum Gasteiger partial charge on any atom is -0.496 e. The Kier molecular flexibility index (Phi) is 5.27. The minimum atomic E-state index is -0.306. The molecule has 1 aliphatic heterocycles. The van der Waals surface area contributed by atoms with Gasteiger partial charge in [0, 0.05) is 35.6 Å². The Morgan fingerprint density at radius 1 is 1.11 bits per heavy atom. The second-order valence-electron chi connectivity index (χ2n) is 7.46. The number of para-hydroxylation sites is 1. The number of rotatable bonds is 5. The van der Waals surface area contributed by atoms with Crippen molar-refractivity contribution in [3.05, 3.63) is 64.7 Å². The highest BCUT2D eigenvalue weighted by atomic mass is 35.5. The molecule has 2 aliphatic rings. The van der Waals surface area contributed by atoms with Crippen LogP contribution in [0, 0.1) is 5.92 Å². The highest BCUT2D eigenvalue weighted by Crippen LogP contribution is 2.38. The molecule has 0 aromatic heterocycles. The second-order valence-corrected chi connectivity index (χ2v) is 7.89. The van der Waals surface area contributed by atoms with Gasteiger partial charge in [0.05, 0.1) is 13.0 Å². The molecule has 2 atom stereocenters. The van der Waals surface area contributed by atoms with E-state index in [0.29, 0.717) is 23.7 Å². The molecule has 0 radical (unpaired) electrons. The molecule has 1 saturated carbocycles. The molecular weight excluding hydrogens is 376 g/mol. The third kappa shape index (κ3) is 3.85. The molecule has 0 spiro atoms. The van der Waals surface area contributed by atoms with E-state index in [0.717, 1.165) is 24.2 Å². The predicted octanol–water partition coefficient (Wildman–Crippen LogP) is 3.48. The summed E-state index contributed by atoms with van der Waals surface area (Å²) >= 11 is 6.05. The van der Waals surface area contributed by atoms with Crippen molar-refractivity contribution in [3.8, 4) is 5.75 Å². The Balaban J connectivity index is 1.62. The molecule has 4 rings (SSSR count). The fourth-order valence-electron chi connectivity index (χ4n) is 3.86. The lowest BCUT2D eigenvalue weighted by Crippen LogP contribution is -2.36. The van der Waals surface area contributed by atoms with Gasteiger partial charge >= 0.3 is 0 Å². The molecule has 28 heavy (non-hydrogen) atoms. The van der Waals surface area contributed by atoms with Crippen LogP contribution < -0.4 is 10.1 Å². The van der Waals surface area contributed by atoms with E-state index in [1.165, 1.54) is 0 Å². The van der Waals surface area contributed by atoms with Crippen LogP contribution in [-0.4, -0.2) is 43.0 Å². The van der Waals surface area contributed by atoms with Crippen molar-refractivity contribution in [2.75, 3.05) is 20.2 Å². The Morgan fingerprint density at radius 2 is 1.89 bits per heavy atom. The van der Waals surface area contributed by atoms with Crippen LogP contribution in [0.15, 0.2) is 48.5 Å². The average Bonchev–Trinajstić information content (AvgIpc) is 3.41. The number of nitrogens with one attached hydrogen (secondary N) is 1. The maximum atomic E-state index is 13.0. The van der Waals surface area contributed by atoms with E-state index >= 15 is 0 Å². The number of halogens is 1. The van der Waals surface area contributed by atoms with Crippen LogP contribution >= 0.6 is 11.6 Å². The van der Waals surface area contributed by atoms with E-state index in [2.05, 4.69) is 5.32 Å². The zero-order valence-electron chi connectivity index (χ0n) is 15.7. The summed E-state index contributed by atoms with van der Waals surface area (Å²) in [6.07, 6.45) is 2.06. The molecule has 2 amide bonds. The normalized spacial score (nSPS) is 21.4. The Labute approximate surface area is 169 Å². The molecule has 2 aromatic rings. The van der Waals surface area contributed by atoms with Gasteiger partial charge in [-0.2, -0.15) is 0 Å². The fraction of sp³-hybridized carbons (Fsp3) is 0.364. The molecular formula is C22H23ClN2O3. The van der Waals surface area contributed by atoms with Gasteiger partial charge in [0.1, 0.15) is 5.75 Å². The zero-order valence-corrected chi connectivity index (χ0v) is 16.5. The average molecular weight is 399 g/mol. The van der Waals surface area contributed by atoms with Gasteiger partial charge < -0.3 is 15.0 Å². The van der Waals surface area contributed by atoms with Crippen LogP contribution in [0.25, 0.3) is 0 Å². The van der Waals surface area contributed by atoms with Crippen LogP contribution in [0.1, 0.15) is 34.7 Å². The number of carbonyl (C=O) groups is 2. The highest BCUT2D eigenvalue weighted by Gasteiger charge is 2.42. The number of nitrogens with zero attached hydrogens (tertiary/aromatic N) is 1. The summed E-state index contributed by atoms with van der Waals surface area (Å²) in [4.78, 5) is 27.7. The molecule has 0 bridgehead atoms. The molecule has 1 saturated heterocycles. The maximum Gasteiger partial charge on any atom is 0.253 e. The van der Waals surface area contributed by atoms with E-state index in [9.17, 15) is 9.59 Å². The van der Waals surface area contributed by atoms with Gasteiger partial charge in [-0.3, -0.25) is 9.59 Å². The topological polar surface area (TPSA) is 58.6 Å². The van der Waals surface area contributed by atoms with Crippen molar-refractivity contribution < 1.29 is 14.3 Å². The smallest absolute Gasteiger partial charge is 0.253 e. The number of carbonyl (C=O) groups excluding carboxylic acids is 2. The van der Waals surface area contributed by atoms with E-state index in [1.807, 2.05) is 24.3 Å². The van der Waals surface area contributed by atoms with Crippen LogP contribution in [0.4, 0.5) is 0 Å². The Hall–Kier alpha value is -2.53. The van der Waals surface area contributed by atoms with Crippen LogP contribution in [0.5, 0.6) is 5.75 Å². The third-order valence-electron chi connectivity index (χ3n) is 5.48. The molecule has 146 valence electrons. The van der Waals surface area contributed by atoms with E-state index < -0.39 is 0 Å². The second kappa shape index (κ2) is 7.84. The first-order chi connectivity index (χ1) is 13.6. The first kappa shape index (κ1) is 18.8. The highest BCUT2D eigenvalue weighted by molar-refractivity contribution is 6.30. The van der Waals surface area contributed by atoms with Gasteiger partial charge in [0.25, 0.3) is 5.91 Å². The lowest BCUT2D eigenvalue weighted by molar-refractivity contribution is -0.125. The van der Waals surface area contributed by atoms with Crippen LogP contribution in [0.3, 0.4) is 0 Å². The summed E-state index contributed by atoms with van der Waals surface area (Å²) in [5.74, 6) is 0.232. The Morgan fingerprint density at radius 3 is 2.61 bits per heavy atom. The minimum absolute atomic E-state index is 0.0137. The van der Waals surface area contributed by atoms with Gasteiger partial charge in [0.15, 0.2) is 0 Å². The third-order valence-corrected chi connectivity index (χ3v) is 5.71. The number of hydrogen-bond acceptors (Lipinski definition) is 3. The first-order valence-corrected chi connectivity index (χ1v) is 9.92. The van der Waals surface area contributed by atoms with Crippen molar-refractivity contribution >= 4 is 23.4 Å². The number of methoxy groups -OCH3 is 1. The van der Waals surface area contributed by atoms with Crippen molar-refractivity contribution in [2.24, 2.45) is 5.92 Å². The molecule has 1 N–H and O–H groups in total. The van der Waals surface area contributed by atoms with Crippen molar-refractivity contribution in [3.63, 3.8) is 0 Å². The van der Waals surface area contributed by atoms with Gasteiger partial charge in [-0.15, -0.1) is 0 Å².